The van der Waals surface area contributed by atoms with E-state index in [1.807, 2.05) is 4.90 Å². The standard InChI is InChI=1S/C17H17F2N3O/c18-13-4-3-5-14(12-13)20-17(23)22-10-8-21(9-11-22)16-7-2-1-6-15(16)19/h1-7,12H,8-11H2,(H,20,23). The van der Waals surface area contributed by atoms with E-state index in [4.69, 9.17) is 0 Å². The number of para-hydroxylation sites is 1. The number of carbonyl (C=O) groups excluding carboxylic acids is 1. The summed E-state index contributed by atoms with van der Waals surface area (Å²) < 4.78 is 26.9. The van der Waals surface area contributed by atoms with Gasteiger partial charge in [-0.3, -0.25) is 0 Å². The van der Waals surface area contributed by atoms with Crippen molar-refractivity contribution in [1.82, 2.24) is 4.90 Å². The molecule has 0 spiro atoms. The first-order valence-corrected chi connectivity index (χ1v) is 7.44. The number of hydrogen-bond acceptors (Lipinski definition) is 2. The van der Waals surface area contributed by atoms with Crippen LogP contribution in [0.1, 0.15) is 0 Å². The van der Waals surface area contributed by atoms with Gasteiger partial charge in [-0.2, -0.15) is 0 Å². The summed E-state index contributed by atoms with van der Waals surface area (Å²) in [5.41, 5.74) is 0.976. The molecule has 2 aromatic carbocycles. The molecule has 120 valence electrons. The Kier molecular flexibility index (Phi) is 4.41. The average molecular weight is 317 g/mol. The maximum atomic E-state index is 13.8. The number of piperazine rings is 1. The highest BCUT2D eigenvalue weighted by Crippen LogP contribution is 2.20. The molecule has 0 unspecified atom stereocenters. The summed E-state index contributed by atoms with van der Waals surface area (Å²) in [7, 11) is 0. The number of rotatable bonds is 2. The number of amides is 2. The van der Waals surface area contributed by atoms with E-state index in [9.17, 15) is 13.6 Å². The lowest BCUT2D eigenvalue weighted by atomic mass is 10.2. The number of benzene rings is 2. The molecule has 1 aliphatic heterocycles. The van der Waals surface area contributed by atoms with Crippen LogP contribution in [0, 0.1) is 11.6 Å². The van der Waals surface area contributed by atoms with E-state index in [-0.39, 0.29) is 11.8 Å². The minimum atomic E-state index is -0.396. The van der Waals surface area contributed by atoms with Crippen molar-refractivity contribution in [3.05, 3.63) is 60.2 Å². The topological polar surface area (TPSA) is 35.6 Å². The molecular weight excluding hydrogens is 300 g/mol. The molecule has 0 bridgehead atoms. The van der Waals surface area contributed by atoms with Crippen molar-refractivity contribution in [2.45, 2.75) is 0 Å². The number of hydrogen-bond donors (Lipinski definition) is 1. The van der Waals surface area contributed by atoms with Gasteiger partial charge in [0.25, 0.3) is 0 Å². The average Bonchev–Trinajstić information content (AvgIpc) is 2.55. The SMILES string of the molecule is O=C(Nc1cccc(F)c1)N1CCN(c2ccccc2F)CC1. The molecule has 0 aromatic heterocycles. The summed E-state index contributed by atoms with van der Waals surface area (Å²) >= 11 is 0. The second-order valence-electron chi connectivity index (χ2n) is 5.37. The van der Waals surface area contributed by atoms with Crippen LogP contribution in [0.15, 0.2) is 48.5 Å². The van der Waals surface area contributed by atoms with Gasteiger partial charge in [0.15, 0.2) is 0 Å². The van der Waals surface area contributed by atoms with Crippen LogP contribution in [-0.4, -0.2) is 37.1 Å². The van der Waals surface area contributed by atoms with Gasteiger partial charge in [-0.1, -0.05) is 18.2 Å². The summed E-state index contributed by atoms with van der Waals surface area (Å²) in [6.45, 7) is 2.07. The van der Waals surface area contributed by atoms with E-state index >= 15 is 0 Å². The molecule has 3 rings (SSSR count). The summed E-state index contributed by atoms with van der Waals surface area (Å²) in [4.78, 5) is 15.7. The minimum absolute atomic E-state index is 0.259. The molecule has 23 heavy (non-hydrogen) atoms. The molecule has 6 heteroatoms. The number of anilines is 2. The van der Waals surface area contributed by atoms with Gasteiger partial charge in [-0.25, -0.2) is 13.6 Å². The predicted octanol–water partition coefficient (Wildman–Crippen LogP) is 3.32. The third-order valence-electron chi connectivity index (χ3n) is 3.84. The lowest BCUT2D eigenvalue weighted by molar-refractivity contribution is 0.208. The van der Waals surface area contributed by atoms with Gasteiger partial charge in [0, 0.05) is 31.9 Å². The lowest BCUT2D eigenvalue weighted by Gasteiger charge is -2.36. The Labute approximate surface area is 133 Å². The van der Waals surface area contributed by atoms with E-state index in [0.717, 1.165) is 0 Å². The summed E-state index contributed by atoms with van der Waals surface area (Å²) in [5, 5.41) is 2.67. The first-order valence-electron chi connectivity index (χ1n) is 7.44. The van der Waals surface area contributed by atoms with Crippen LogP contribution in [0.2, 0.25) is 0 Å². The van der Waals surface area contributed by atoms with Gasteiger partial charge in [-0.05, 0) is 30.3 Å². The monoisotopic (exact) mass is 317 g/mol. The molecule has 1 N–H and O–H groups in total. The van der Waals surface area contributed by atoms with Crippen molar-refractivity contribution < 1.29 is 13.6 Å². The van der Waals surface area contributed by atoms with E-state index < -0.39 is 5.82 Å². The molecule has 0 radical (unpaired) electrons. The van der Waals surface area contributed by atoms with Crippen LogP contribution in [0.4, 0.5) is 25.0 Å². The summed E-state index contributed by atoms with van der Waals surface area (Å²) in [6, 6.07) is 12.1. The van der Waals surface area contributed by atoms with E-state index in [1.54, 1.807) is 35.2 Å². The lowest BCUT2D eigenvalue weighted by Crippen LogP contribution is -2.50. The van der Waals surface area contributed by atoms with Crippen molar-refractivity contribution in [1.29, 1.82) is 0 Å². The fourth-order valence-electron chi connectivity index (χ4n) is 2.63. The van der Waals surface area contributed by atoms with Gasteiger partial charge in [0.2, 0.25) is 0 Å². The molecule has 1 heterocycles. The molecule has 0 atom stereocenters. The second kappa shape index (κ2) is 6.64. The molecule has 1 fully saturated rings. The first kappa shape index (κ1) is 15.3. The predicted molar refractivity (Wildman–Crippen MR) is 85.6 cm³/mol. The number of halogens is 2. The Hall–Kier alpha value is -2.63. The minimum Gasteiger partial charge on any atom is -0.366 e. The maximum Gasteiger partial charge on any atom is 0.321 e. The molecule has 1 saturated heterocycles. The third-order valence-corrected chi connectivity index (χ3v) is 3.84. The van der Waals surface area contributed by atoms with Crippen molar-refractivity contribution in [3.8, 4) is 0 Å². The van der Waals surface area contributed by atoms with Crippen molar-refractivity contribution in [2.75, 3.05) is 36.4 Å². The smallest absolute Gasteiger partial charge is 0.321 e. The van der Waals surface area contributed by atoms with Crippen LogP contribution in [0.25, 0.3) is 0 Å². The number of nitrogens with one attached hydrogen (secondary N) is 1. The molecule has 0 aliphatic carbocycles. The zero-order valence-corrected chi connectivity index (χ0v) is 12.5. The Morgan fingerprint density at radius 2 is 1.70 bits per heavy atom. The highest BCUT2D eigenvalue weighted by Gasteiger charge is 2.22. The van der Waals surface area contributed by atoms with Crippen LogP contribution in [0.3, 0.4) is 0 Å². The van der Waals surface area contributed by atoms with Gasteiger partial charge in [0.1, 0.15) is 11.6 Å². The van der Waals surface area contributed by atoms with Crippen LogP contribution in [0.5, 0.6) is 0 Å². The third kappa shape index (κ3) is 3.59. The van der Waals surface area contributed by atoms with Crippen LogP contribution >= 0.6 is 0 Å². The quantitative estimate of drug-likeness (QED) is 0.922. The number of nitrogens with zero attached hydrogens (tertiary/aromatic N) is 2. The second-order valence-corrected chi connectivity index (χ2v) is 5.37. The van der Waals surface area contributed by atoms with Gasteiger partial charge < -0.3 is 15.1 Å². The van der Waals surface area contributed by atoms with Crippen LogP contribution < -0.4 is 10.2 Å². The van der Waals surface area contributed by atoms with Crippen molar-refractivity contribution in [3.63, 3.8) is 0 Å². The molecule has 1 aliphatic rings. The molecule has 4 nitrogen and oxygen atoms in total. The molecule has 0 saturated carbocycles. The zero-order chi connectivity index (χ0) is 16.2. The van der Waals surface area contributed by atoms with Gasteiger partial charge in [0.05, 0.1) is 5.69 Å². The highest BCUT2D eigenvalue weighted by atomic mass is 19.1. The normalized spacial score (nSPS) is 14.7. The fraction of sp³-hybridized carbons (Fsp3) is 0.235. The molecule has 2 amide bonds. The Morgan fingerprint density at radius 1 is 0.957 bits per heavy atom. The number of urea groups is 1. The Balaban J connectivity index is 1.58. The van der Waals surface area contributed by atoms with Gasteiger partial charge >= 0.3 is 6.03 Å². The van der Waals surface area contributed by atoms with Crippen molar-refractivity contribution >= 4 is 17.4 Å². The zero-order valence-electron chi connectivity index (χ0n) is 12.5. The summed E-state index contributed by atoms with van der Waals surface area (Å²) in [5.74, 6) is -0.655. The molecular formula is C17H17F2N3O. The van der Waals surface area contributed by atoms with Crippen LogP contribution in [-0.2, 0) is 0 Å². The highest BCUT2D eigenvalue weighted by molar-refractivity contribution is 5.89. The summed E-state index contributed by atoms with van der Waals surface area (Å²) in [6.07, 6.45) is 0. The Morgan fingerprint density at radius 3 is 2.39 bits per heavy atom. The van der Waals surface area contributed by atoms with E-state index in [2.05, 4.69) is 5.32 Å². The number of carbonyl (C=O) groups is 1. The fourth-order valence-corrected chi connectivity index (χ4v) is 2.63. The largest absolute Gasteiger partial charge is 0.366 e. The first-order chi connectivity index (χ1) is 11.1. The maximum absolute atomic E-state index is 13.8. The van der Waals surface area contributed by atoms with Crippen molar-refractivity contribution in [2.24, 2.45) is 0 Å². The molecule has 2 aromatic rings. The van der Waals surface area contributed by atoms with E-state index in [0.29, 0.717) is 37.6 Å². The Bertz CT molecular complexity index is 700. The van der Waals surface area contributed by atoms with Gasteiger partial charge in [-0.15, -0.1) is 0 Å². The van der Waals surface area contributed by atoms with E-state index in [1.165, 1.54) is 18.2 Å².